The van der Waals surface area contributed by atoms with Crippen LogP contribution in [-0.4, -0.2) is 24.9 Å². The van der Waals surface area contributed by atoms with Crippen LogP contribution in [0.1, 0.15) is 6.42 Å². The molecule has 0 aromatic rings. The van der Waals surface area contributed by atoms with Gasteiger partial charge in [-0.05, 0) is 6.42 Å². The maximum Gasteiger partial charge on any atom is 0.0612 e. The van der Waals surface area contributed by atoms with Gasteiger partial charge in [0.05, 0.1) is 13.2 Å². The number of hydrogen-bond acceptors (Lipinski definition) is 2. The van der Waals surface area contributed by atoms with Gasteiger partial charge >= 0.3 is 0 Å². The van der Waals surface area contributed by atoms with E-state index in [9.17, 15) is 0 Å². The summed E-state index contributed by atoms with van der Waals surface area (Å²) in [7, 11) is 0. The monoisotopic (exact) mass is 128 g/mol. The molecule has 0 aliphatic carbocycles. The van der Waals surface area contributed by atoms with Crippen molar-refractivity contribution in [2.75, 3.05) is 19.8 Å². The number of rotatable bonds is 2. The minimum Gasteiger partial charge on any atom is -0.392 e. The molecule has 2 heteroatoms. The lowest BCUT2D eigenvalue weighted by molar-refractivity contribution is 0.191. The van der Waals surface area contributed by atoms with Gasteiger partial charge in [0.2, 0.25) is 0 Å². The smallest absolute Gasteiger partial charge is 0.0612 e. The molecular weight excluding hydrogens is 116 g/mol. The minimum absolute atomic E-state index is 0.149. The molecule has 1 aliphatic heterocycles. The molecule has 1 rings (SSSR count). The third-order valence-electron chi connectivity index (χ3n) is 1.48. The van der Waals surface area contributed by atoms with Crippen molar-refractivity contribution in [3.63, 3.8) is 0 Å². The van der Waals surface area contributed by atoms with E-state index in [0.29, 0.717) is 5.92 Å². The highest BCUT2D eigenvalue weighted by Gasteiger charge is 2.10. The summed E-state index contributed by atoms with van der Waals surface area (Å²) in [6.45, 7) is 1.85. The average molecular weight is 128 g/mol. The molecule has 0 amide bonds. The number of aliphatic hydroxyl groups is 1. The summed E-state index contributed by atoms with van der Waals surface area (Å²) < 4.78 is 5.12. The van der Waals surface area contributed by atoms with Crippen molar-refractivity contribution in [2.24, 2.45) is 5.92 Å². The Hall–Kier alpha value is -0.340. The quantitative estimate of drug-likeness (QED) is 0.551. The molecule has 52 valence electrons. The standard InChI is InChI=1S/C7H12O2/c8-4-1-2-7-3-5-9-6-7/h1-2,7-8H,3-6H2/b2-1+. The third kappa shape index (κ3) is 2.16. The van der Waals surface area contributed by atoms with Crippen molar-refractivity contribution in [1.29, 1.82) is 0 Å². The summed E-state index contributed by atoms with van der Waals surface area (Å²) in [5.74, 6) is 0.553. The molecule has 1 atom stereocenters. The highest BCUT2D eigenvalue weighted by atomic mass is 16.5. The van der Waals surface area contributed by atoms with E-state index < -0.39 is 0 Å². The van der Waals surface area contributed by atoms with E-state index in [4.69, 9.17) is 9.84 Å². The Labute approximate surface area is 55.1 Å². The van der Waals surface area contributed by atoms with E-state index in [1.54, 1.807) is 6.08 Å². The maximum atomic E-state index is 8.40. The largest absolute Gasteiger partial charge is 0.392 e. The van der Waals surface area contributed by atoms with Gasteiger partial charge in [0, 0.05) is 12.5 Å². The Morgan fingerprint density at radius 2 is 2.56 bits per heavy atom. The van der Waals surface area contributed by atoms with Gasteiger partial charge in [-0.1, -0.05) is 12.2 Å². The van der Waals surface area contributed by atoms with Gasteiger partial charge in [0.15, 0.2) is 0 Å². The molecule has 1 saturated heterocycles. The first-order chi connectivity index (χ1) is 4.43. The molecule has 1 N–H and O–H groups in total. The summed E-state index contributed by atoms with van der Waals surface area (Å²) in [6, 6.07) is 0. The summed E-state index contributed by atoms with van der Waals surface area (Å²) in [5, 5.41) is 8.40. The zero-order valence-electron chi connectivity index (χ0n) is 5.42. The summed E-state index contributed by atoms with van der Waals surface area (Å²) in [4.78, 5) is 0. The van der Waals surface area contributed by atoms with Gasteiger partial charge in [0.1, 0.15) is 0 Å². The van der Waals surface area contributed by atoms with Gasteiger partial charge in [-0.2, -0.15) is 0 Å². The summed E-state index contributed by atoms with van der Waals surface area (Å²) >= 11 is 0. The van der Waals surface area contributed by atoms with Crippen LogP contribution < -0.4 is 0 Å². The second-order valence-electron chi connectivity index (χ2n) is 2.23. The van der Waals surface area contributed by atoms with Crippen molar-refractivity contribution in [1.82, 2.24) is 0 Å². The van der Waals surface area contributed by atoms with Crippen LogP contribution in [0.25, 0.3) is 0 Å². The second kappa shape index (κ2) is 3.64. The highest BCUT2D eigenvalue weighted by Crippen LogP contribution is 2.12. The minimum atomic E-state index is 0.149. The Balaban J connectivity index is 2.18. The molecule has 0 spiro atoms. The molecule has 1 unspecified atom stereocenters. The van der Waals surface area contributed by atoms with E-state index in [2.05, 4.69) is 0 Å². The van der Waals surface area contributed by atoms with Gasteiger partial charge < -0.3 is 9.84 Å². The molecule has 2 nitrogen and oxygen atoms in total. The topological polar surface area (TPSA) is 29.5 Å². The van der Waals surface area contributed by atoms with Crippen LogP contribution >= 0.6 is 0 Å². The molecule has 1 heterocycles. The lowest BCUT2D eigenvalue weighted by Gasteiger charge is -1.95. The number of hydrogen-bond donors (Lipinski definition) is 1. The van der Waals surface area contributed by atoms with Crippen molar-refractivity contribution >= 4 is 0 Å². The fraction of sp³-hybridized carbons (Fsp3) is 0.714. The summed E-state index contributed by atoms with van der Waals surface area (Å²) in [5.41, 5.74) is 0. The molecule has 0 bridgehead atoms. The highest BCUT2D eigenvalue weighted by molar-refractivity contribution is 4.89. The van der Waals surface area contributed by atoms with E-state index >= 15 is 0 Å². The molecule has 0 radical (unpaired) electrons. The average Bonchev–Trinajstić information content (AvgIpc) is 2.34. The predicted molar refractivity (Wildman–Crippen MR) is 35.2 cm³/mol. The van der Waals surface area contributed by atoms with Crippen molar-refractivity contribution < 1.29 is 9.84 Å². The van der Waals surface area contributed by atoms with E-state index in [0.717, 1.165) is 19.6 Å². The molecule has 0 aromatic heterocycles. The van der Waals surface area contributed by atoms with Crippen LogP contribution in [0.2, 0.25) is 0 Å². The Morgan fingerprint density at radius 3 is 3.11 bits per heavy atom. The predicted octanol–water partition coefficient (Wildman–Crippen LogP) is 0.571. The molecule has 9 heavy (non-hydrogen) atoms. The molecular formula is C7H12O2. The number of aliphatic hydroxyl groups excluding tert-OH is 1. The van der Waals surface area contributed by atoms with Crippen molar-refractivity contribution in [2.45, 2.75) is 6.42 Å². The molecule has 1 fully saturated rings. The zero-order chi connectivity index (χ0) is 6.53. The first-order valence-electron chi connectivity index (χ1n) is 3.28. The van der Waals surface area contributed by atoms with E-state index in [-0.39, 0.29) is 6.61 Å². The lowest BCUT2D eigenvalue weighted by Crippen LogP contribution is -1.93. The van der Waals surface area contributed by atoms with E-state index in [1.165, 1.54) is 0 Å². The zero-order valence-corrected chi connectivity index (χ0v) is 5.42. The molecule has 0 saturated carbocycles. The van der Waals surface area contributed by atoms with Crippen molar-refractivity contribution in [3.05, 3.63) is 12.2 Å². The first kappa shape index (κ1) is 6.78. The number of ether oxygens (including phenoxy) is 1. The fourth-order valence-corrected chi connectivity index (χ4v) is 0.958. The Bertz CT molecular complexity index is 93.1. The Kier molecular flexibility index (Phi) is 2.74. The normalized spacial score (nSPS) is 27.9. The fourth-order valence-electron chi connectivity index (χ4n) is 0.958. The maximum absolute atomic E-state index is 8.40. The molecule has 1 aliphatic rings. The van der Waals surface area contributed by atoms with Crippen LogP contribution in [0.5, 0.6) is 0 Å². The van der Waals surface area contributed by atoms with Crippen LogP contribution in [0.4, 0.5) is 0 Å². The third-order valence-corrected chi connectivity index (χ3v) is 1.48. The first-order valence-corrected chi connectivity index (χ1v) is 3.28. The SMILES string of the molecule is OC/C=C/C1CCOC1. The van der Waals surface area contributed by atoms with Crippen molar-refractivity contribution in [3.8, 4) is 0 Å². The van der Waals surface area contributed by atoms with Crippen LogP contribution in [-0.2, 0) is 4.74 Å². The molecule has 0 aromatic carbocycles. The Morgan fingerprint density at radius 1 is 1.67 bits per heavy atom. The van der Waals surface area contributed by atoms with Gasteiger partial charge in [-0.25, -0.2) is 0 Å². The van der Waals surface area contributed by atoms with Crippen LogP contribution in [0.3, 0.4) is 0 Å². The van der Waals surface area contributed by atoms with Gasteiger partial charge in [0.25, 0.3) is 0 Å². The second-order valence-corrected chi connectivity index (χ2v) is 2.23. The van der Waals surface area contributed by atoms with Crippen LogP contribution in [0, 0.1) is 5.92 Å². The van der Waals surface area contributed by atoms with Gasteiger partial charge in [-0.3, -0.25) is 0 Å². The summed E-state index contributed by atoms with van der Waals surface area (Å²) in [6.07, 6.45) is 4.91. The van der Waals surface area contributed by atoms with E-state index in [1.807, 2.05) is 6.08 Å². The van der Waals surface area contributed by atoms with Gasteiger partial charge in [-0.15, -0.1) is 0 Å². The van der Waals surface area contributed by atoms with Crippen LogP contribution in [0.15, 0.2) is 12.2 Å². The lowest BCUT2D eigenvalue weighted by atomic mass is 10.1.